The van der Waals surface area contributed by atoms with Gasteiger partial charge in [-0.2, -0.15) is 0 Å². The van der Waals surface area contributed by atoms with Gasteiger partial charge in [-0.15, -0.1) is 0 Å². The van der Waals surface area contributed by atoms with E-state index in [2.05, 4.69) is 19.1 Å². The lowest BCUT2D eigenvalue weighted by atomic mass is 10.1. The summed E-state index contributed by atoms with van der Waals surface area (Å²) in [7, 11) is 0. The van der Waals surface area contributed by atoms with Crippen molar-refractivity contribution in [2.75, 3.05) is 13.3 Å². The first kappa shape index (κ1) is 14.4. The van der Waals surface area contributed by atoms with Crippen LogP contribution in [0.3, 0.4) is 0 Å². The van der Waals surface area contributed by atoms with Crippen LogP contribution in [0.5, 0.6) is 11.5 Å². The summed E-state index contributed by atoms with van der Waals surface area (Å²) in [4.78, 5) is 14.6. The SMILES string of the molecule is CCN(Cc1ccccc1C)C(=O)c1ccc2c(c1)OCO2. The van der Waals surface area contributed by atoms with Crippen molar-refractivity contribution in [1.82, 2.24) is 4.90 Å². The monoisotopic (exact) mass is 297 g/mol. The van der Waals surface area contributed by atoms with Crippen molar-refractivity contribution in [3.05, 3.63) is 59.2 Å². The minimum absolute atomic E-state index is 0.00375. The zero-order chi connectivity index (χ0) is 15.5. The number of aryl methyl sites for hydroxylation is 1. The lowest BCUT2D eigenvalue weighted by Gasteiger charge is -2.22. The molecule has 22 heavy (non-hydrogen) atoms. The van der Waals surface area contributed by atoms with E-state index in [9.17, 15) is 4.79 Å². The van der Waals surface area contributed by atoms with Crippen molar-refractivity contribution in [3.63, 3.8) is 0 Å². The minimum Gasteiger partial charge on any atom is -0.454 e. The second kappa shape index (κ2) is 6.10. The predicted octanol–water partition coefficient (Wildman–Crippen LogP) is 3.39. The molecule has 0 atom stereocenters. The Morgan fingerprint density at radius 3 is 2.68 bits per heavy atom. The maximum Gasteiger partial charge on any atom is 0.254 e. The van der Waals surface area contributed by atoms with Crippen LogP contribution < -0.4 is 9.47 Å². The molecule has 0 saturated heterocycles. The number of nitrogens with zero attached hydrogens (tertiary/aromatic N) is 1. The van der Waals surface area contributed by atoms with Gasteiger partial charge in [0.15, 0.2) is 11.5 Å². The Morgan fingerprint density at radius 2 is 1.91 bits per heavy atom. The largest absolute Gasteiger partial charge is 0.454 e. The fraction of sp³-hybridized carbons (Fsp3) is 0.278. The van der Waals surface area contributed by atoms with Gasteiger partial charge in [0.05, 0.1) is 0 Å². The summed E-state index contributed by atoms with van der Waals surface area (Å²) in [5.74, 6) is 1.33. The minimum atomic E-state index is 0.00375. The molecule has 0 radical (unpaired) electrons. The Morgan fingerprint density at radius 1 is 1.14 bits per heavy atom. The van der Waals surface area contributed by atoms with Gasteiger partial charge in [0.1, 0.15) is 0 Å². The molecule has 1 heterocycles. The number of fused-ring (bicyclic) bond motifs is 1. The van der Waals surface area contributed by atoms with Gasteiger partial charge >= 0.3 is 0 Å². The van der Waals surface area contributed by atoms with Crippen LogP contribution in [0.15, 0.2) is 42.5 Å². The van der Waals surface area contributed by atoms with E-state index in [1.807, 2.05) is 24.0 Å². The second-order valence-corrected chi connectivity index (χ2v) is 5.31. The highest BCUT2D eigenvalue weighted by atomic mass is 16.7. The molecule has 114 valence electrons. The summed E-state index contributed by atoms with van der Waals surface area (Å²) in [5.41, 5.74) is 2.98. The second-order valence-electron chi connectivity index (χ2n) is 5.31. The molecule has 0 unspecified atom stereocenters. The molecular formula is C18H19NO3. The summed E-state index contributed by atoms with van der Waals surface area (Å²) in [6, 6.07) is 13.5. The zero-order valence-electron chi connectivity index (χ0n) is 12.8. The number of hydrogen-bond acceptors (Lipinski definition) is 3. The summed E-state index contributed by atoms with van der Waals surface area (Å²) in [6.45, 7) is 5.53. The smallest absolute Gasteiger partial charge is 0.254 e. The topological polar surface area (TPSA) is 38.8 Å². The van der Waals surface area contributed by atoms with Crippen LogP contribution in [0.1, 0.15) is 28.4 Å². The number of ether oxygens (including phenoxy) is 2. The van der Waals surface area contributed by atoms with Gasteiger partial charge in [0.2, 0.25) is 6.79 Å². The van der Waals surface area contributed by atoms with Crippen LogP contribution >= 0.6 is 0 Å². The first-order chi connectivity index (χ1) is 10.7. The molecule has 4 nitrogen and oxygen atoms in total. The maximum absolute atomic E-state index is 12.7. The highest BCUT2D eigenvalue weighted by Crippen LogP contribution is 2.32. The van der Waals surface area contributed by atoms with Crippen molar-refractivity contribution >= 4 is 5.91 Å². The van der Waals surface area contributed by atoms with Gasteiger partial charge in [0.25, 0.3) is 5.91 Å². The number of carbonyl (C=O) groups is 1. The van der Waals surface area contributed by atoms with E-state index < -0.39 is 0 Å². The molecule has 3 rings (SSSR count). The fourth-order valence-corrected chi connectivity index (χ4v) is 2.53. The molecule has 1 aliphatic rings. The van der Waals surface area contributed by atoms with Crippen LogP contribution in [0, 0.1) is 6.92 Å². The van der Waals surface area contributed by atoms with Gasteiger partial charge in [0, 0.05) is 18.7 Å². The number of carbonyl (C=O) groups excluding carboxylic acids is 1. The third-order valence-corrected chi connectivity index (χ3v) is 3.91. The molecule has 2 aromatic carbocycles. The quantitative estimate of drug-likeness (QED) is 0.868. The Balaban J connectivity index is 1.81. The fourth-order valence-electron chi connectivity index (χ4n) is 2.53. The lowest BCUT2D eigenvalue weighted by molar-refractivity contribution is 0.0752. The summed E-state index contributed by atoms with van der Waals surface area (Å²) in [6.07, 6.45) is 0. The average molecular weight is 297 g/mol. The molecule has 1 aliphatic heterocycles. The molecule has 0 spiro atoms. The number of amides is 1. The van der Waals surface area contributed by atoms with Crippen molar-refractivity contribution < 1.29 is 14.3 Å². The molecule has 0 fully saturated rings. The molecule has 1 amide bonds. The molecule has 0 aliphatic carbocycles. The molecular weight excluding hydrogens is 278 g/mol. The zero-order valence-corrected chi connectivity index (χ0v) is 12.8. The Hall–Kier alpha value is -2.49. The Kier molecular flexibility index (Phi) is 4.00. The molecule has 0 N–H and O–H groups in total. The van der Waals surface area contributed by atoms with Gasteiger partial charge < -0.3 is 14.4 Å². The first-order valence-electron chi connectivity index (χ1n) is 7.42. The van der Waals surface area contributed by atoms with E-state index in [0.717, 1.165) is 0 Å². The van der Waals surface area contributed by atoms with Crippen LogP contribution in [0.2, 0.25) is 0 Å². The normalized spacial score (nSPS) is 12.3. The van der Waals surface area contributed by atoms with E-state index >= 15 is 0 Å². The summed E-state index contributed by atoms with van der Waals surface area (Å²) in [5, 5.41) is 0. The third-order valence-electron chi connectivity index (χ3n) is 3.91. The van der Waals surface area contributed by atoms with E-state index in [-0.39, 0.29) is 12.7 Å². The van der Waals surface area contributed by atoms with Crippen LogP contribution in [-0.4, -0.2) is 24.1 Å². The van der Waals surface area contributed by atoms with Gasteiger partial charge in [-0.05, 0) is 43.2 Å². The van der Waals surface area contributed by atoms with Crippen molar-refractivity contribution in [2.45, 2.75) is 20.4 Å². The Bertz CT molecular complexity index is 696. The summed E-state index contributed by atoms with van der Waals surface area (Å²) < 4.78 is 10.6. The van der Waals surface area contributed by atoms with Crippen LogP contribution in [-0.2, 0) is 6.54 Å². The molecule has 4 heteroatoms. The highest BCUT2D eigenvalue weighted by Gasteiger charge is 2.20. The number of hydrogen-bond donors (Lipinski definition) is 0. The first-order valence-corrected chi connectivity index (χ1v) is 7.42. The van der Waals surface area contributed by atoms with Crippen LogP contribution in [0.25, 0.3) is 0 Å². The van der Waals surface area contributed by atoms with E-state index in [4.69, 9.17) is 9.47 Å². The van der Waals surface area contributed by atoms with E-state index in [0.29, 0.717) is 30.2 Å². The van der Waals surface area contributed by atoms with Crippen molar-refractivity contribution in [1.29, 1.82) is 0 Å². The molecule has 0 saturated carbocycles. The third kappa shape index (κ3) is 2.77. The lowest BCUT2D eigenvalue weighted by Crippen LogP contribution is -2.30. The van der Waals surface area contributed by atoms with Gasteiger partial charge in [-0.1, -0.05) is 24.3 Å². The Labute approximate surface area is 130 Å². The number of rotatable bonds is 4. The molecule has 2 aromatic rings. The van der Waals surface area contributed by atoms with Crippen molar-refractivity contribution in [2.24, 2.45) is 0 Å². The van der Waals surface area contributed by atoms with Gasteiger partial charge in [-0.25, -0.2) is 0 Å². The average Bonchev–Trinajstić information content (AvgIpc) is 3.01. The highest BCUT2D eigenvalue weighted by molar-refractivity contribution is 5.95. The molecule has 0 bridgehead atoms. The predicted molar refractivity (Wildman–Crippen MR) is 84.2 cm³/mol. The van der Waals surface area contributed by atoms with E-state index in [1.54, 1.807) is 18.2 Å². The van der Waals surface area contributed by atoms with Crippen molar-refractivity contribution in [3.8, 4) is 11.5 Å². The van der Waals surface area contributed by atoms with Gasteiger partial charge in [-0.3, -0.25) is 4.79 Å². The van der Waals surface area contributed by atoms with E-state index in [1.165, 1.54) is 11.1 Å². The number of benzene rings is 2. The molecule has 0 aromatic heterocycles. The standard InChI is InChI=1S/C18H19NO3/c1-3-19(11-15-7-5-4-6-13(15)2)18(20)14-8-9-16-17(10-14)22-12-21-16/h4-10H,3,11-12H2,1-2H3. The maximum atomic E-state index is 12.7. The summed E-state index contributed by atoms with van der Waals surface area (Å²) >= 11 is 0. The van der Waals surface area contributed by atoms with Crippen LogP contribution in [0.4, 0.5) is 0 Å².